The summed E-state index contributed by atoms with van der Waals surface area (Å²) in [5, 5.41) is 14.0. The zero-order valence-corrected chi connectivity index (χ0v) is 10.5. The number of aromatic amines is 1. The molecule has 1 unspecified atom stereocenters. The third-order valence-corrected chi connectivity index (χ3v) is 3.19. The van der Waals surface area contributed by atoms with Crippen molar-refractivity contribution in [3.8, 4) is 0 Å². The van der Waals surface area contributed by atoms with E-state index in [1.54, 1.807) is 6.20 Å². The summed E-state index contributed by atoms with van der Waals surface area (Å²) in [5.74, 6) is 0. The largest absolute Gasteiger partial charge is 0.311 e. The Morgan fingerprint density at radius 2 is 2.00 bits per heavy atom. The van der Waals surface area contributed by atoms with Gasteiger partial charge in [0.2, 0.25) is 0 Å². The van der Waals surface area contributed by atoms with E-state index < -0.39 is 0 Å². The first-order valence-corrected chi connectivity index (χ1v) is 5.80. The number of nitrogens with zero attached hydrogens (tertiary/aromatic N) is 2. The summed E-state index contributed by atoms with van der Waals surface area (Å²) in [5.41, 5.74) is 4.99. The monoisotopic (exact) mass is 230 g/mol. The van der Waals surface area contributed by atoms with Crippen LogP contribution in [0, 0.1) is 13.8 Å². The first-order valence-electron chi connectivity index (χ1n) is 5.80. The van der Waals surface area contributed by atoms with Crippen molar-refractivity contribution in [1.82, 2.24) is 20.7 Å². The lowest BCUT2D eigenvalue weighted by molar-refractivity contribution is 0.571. The summed E-state index contributed by atoms with van der Waals surface area (Å²) in [7, 11) is 1.95. The number of H-pyrrole nitrogens is 1. The van der Waals surface area contributed by atoms with Crippen LogP contribution in [0.15, 0.2) is 24.4 Å². The molecule has 0 radical (unpaired) electrons. The van der Waals surface area contributed by atoms with Crippen molar-refractivity contribution in [1.29, 1.82) is 0 Å². The van der Waals surface area contributed by atoms with Crippen molar-refractivity contribution in [3.05, 3.63) is 46.8 Å². The second kappa shape index (κ2) is 5.10. The van der Waals surface area contributed by atoms with Crippen LogP contribution in [0.25, 0.3) is 0 Å². The van der Waals surface area contributed by atoms with Gasteiger partial charge in [0.15, 0.2) is 0 Å². The first kappa shape index (κ1) is 11.8. The van der Waals surface area contributed by atoms with Gasteiger partial charge in [-0.2, -0.15) is 15.4 Å². The van der Waals surface area contributed by atoms with Crippen LogP contribution in [0.4, 0.5) is 0 Å². The Hall–Kier alpha value is -1.68. The molecule has 1 aromatic carbocycles. The third kappa shape index (κ3) is 2.53. The minimum absolute atomic E-state index is 0.202. The Bertz CT molecular complexity index is 456. The Morgan fingerprint density at radius 3 is 2.53 bits per heavy atom. The summed E-state index contributed by atoms with van der Waals surface area (Å²) in [6, 6.07) is 6.60. The standard InChI is InChI=1S/C13H18N4/c1-9-5-4-6-10(2)11(9)7-12(14-3)13-8-15-17-16-13/h4-6,8,12,14H,7H2,1-3H3,(H,15,16,17). The van der Waals surface area contributed by atoms with Crippen LogP contribution in [-0.4, -0.2) is 22.5 Å². The van der Waals surface area contributed by atoms with E-state index in [1.807, 2.05) is 7.05 Å². The van der Waals surface area contributed by atoms with Crippen molar-refractivity contribution < 1.29 is 0 Å². The van der Waals surface area contributed by atoms with Gasteiger partial charge < -0.3 is 5.32 Å². The van der Waals surface area contributed by atoms with Gasteiger partial charge in [-0.15, -0.1) is 0 Å². The fourth-order valence-electron chi connectivity index (χ4n) is 2.11. The lowest BCUT2D eigenvalue weighted by Gasteiger charge is -2.16. The van der Waals surface area contributed by atoms with E-state index in [-0.39, 0.29) is 6.04 Å². The molecule has 0 amide bonds. The maximum absolute atomic E-state index is 4.14. The van der Waals surface area contributed by atoms with Gasteiger partial charge in [0.1, 0.15) is 0 Å². The van der Waals surface area contributed by atoms with Gasteiger partial charge in [-0.3, -0.25) is 0 Å². The molecule has 2 N–H and O–H groups in total. The smallest absolute Gasteiger partial charge is 0.0997 e. The van der Waals surface area contributed by atoms with Crippen molar-refractivity contribution >= 4 is 0 Å². The second-order valence-corrected chi connectivity index (χ2v) is 4.31. The summed E-state index contributed by atoms with van der Waals surface area (Å²) < 4.78 is 0. The van der Waals surface area contributed by atoms with Gasteiger partial charge in [-0.25, -0.2) is 0 Å². The zero-order chi connectivity index (χ0) is 12.3. The van der Waals surface area contributed by atoms with Crippen LogP contribution in [0.3, 0.4) is 0 Å². The van der Waals surface area contributed by atoms with Gasteiger partial charge in [0, 0.05) is 0 Å². The molecular weight excluding hydrogens is 212 g/mol. The lowest BCUT2D eigenvalue weighted by atomic mass is 9.95. The summed E-state index contributed by atoms with van der Waals surface area (Å²) in [6.07, 6.45) is 2.70. The minimum atomic E-state index is 0.202. The lowest BCUT2D eigenvalue weighted by Crippen LogP contribution is -2.20. The summed E-state index contributed by atoms with van der Waals surface area (Å²) in [4.78, 5) is 0. The average molecular weight is 230 g/mol. The van der Waals surface area contributed by atoms with Crippen molar-refractivity contribution in [2.45, 2.75) is 26.3 Å². The normalized spacial score (nSPS) is 12.6. The van der Waals surface area contributed by atoms with Gasteiger partial charge in [0.05, 0.1) is 17.9 Å². The molecule has 0 spiro atoms. The van der Waals surface area contributed by atoms with Gasteiger partial charge in [-0.05, 0) is 44.0 Å². The molecule has 90 valence electrons. The van der Waals surface area contributed by atoms with E-state index in [9.17, 15) is 0 Å². The molecule has 2 rings (SSSR count). The molecule has 1 heterocycles. The van der Waals surface area contributed by atoms with Crippen molar-refractivity contribution in [3.63, 3.8) is 0 Å². The van der Waals surface area contributed by atoms with E-state index in [0.29, 0.717) is 0 Å². The average Bonchev–Trinajstić information content (AvgIpc) is 2.82. The predicted molar refractivity (Wildman–Crippen MR) is 67.8 cm³/mol. The summed E-state index contributed by atoms with van der Waals surface area (Å²) >= 11 is 0. The molecule has 0 bridgehead atoms. The third-order valence-electron chi connectivity index (χ3n) is 3.19. The molecule has 17 heavy (non-hydrogen) atoms. The number of nitrogens with one attached hydrogen (secondary N) is 2. The first-order chi connectivity index (χ1) is 8.22. The van der Waals surface area contributed by atoms with Crippen LogP contribution in [0.5, 0.6) is 0 Å². The number of hydrogen-bond acceptors (Lipinski definition) is 3. The molecule has 0 saturated heterocycles. The molecule has 1 aromatic heterocycles. The number of likely N-dealkylation sites (N-methyl/N-ethyl adjacent to an activating group) is 1. The molecular formula is C13H18N4. The molecule has 4 nitrogen and oxygen atoms in total. The molecule has 0 aliphatic rings. The van der Waals surface area contributed by atoms with Crippen molar-refractivity contribution in [2.24, 2.45) is 0 Å². The van der Waals surface area contributed by atoms with Crippen molar-refractivity contribution in [2.75, 3.05) is 7.05 Å². The van der Waals surface area contributed by atoms with E-state index >= 15 is 0 Å². The van der Waals surface area contributed by atoms with E-state index in [2.05, 4.69) is 52.8 Å². The second-order valence-electron chi connectivity index (χ2n) is 4.31. The Labute approximate surface area is 101 Å². The van der Waals surface area contributed by atoms with Gasteiger partial charge in [0.25, 0.3) is 0 Å². The topological polar surface area (TPSA) is 53.6 Å². The Morgan fingerprint density at radius 1 is 1.29 bits per heavy atom. The summed E-state index contributed by atoms with van der Waals surface area (Å²) in [6.45, 7) is 4.30. The number of rotatable bonds is 4. The highest BCUT2D eigenvalue weighted by Crippen LogP contribution is 2.21. The van der Waals surface area contributed by atoms with Crippen LogP contribution in [-0.2, 0) is 6.42 Å². The SMILES string of the molecule is CNC(Cc1c(C)cccc1C)c1cn[nH]n1. The molecule has 1 atom stereocenters. The molecule has 0 aliphatic carbocycles. The maximum atomic E-state index is 4.14. The van der Waals surface area contributed by atoms with E-state index in [0.717, 1.165) is 12.1 Å². The maximum Gasteiger partial charge on any atom is 0.0997 e. The quantitative estimate of drug-likeness (QED) is 0.843. The Balaban J connectivity index is 2.25. The molecule has 0 saturated carbocycles. The fourth-order valence-corrected chi connectivity index (χ4v) is 2.11. The van der Waals surface area contributed by atoms with E-state index in [4.69, 9.17) is 0 Å². The minimum Gasteiger partial charge on any atom is -0.311 e. The number of aryl methyl sites for hydroxylation is 2. The van der Waals surface area contributed by atoms with Crippen LogP contribution in [0.2, 0.25) is 0 Å². The molecule has 0 aliphatic heterocycles. The van der Waals surface area contributed by atoms with Crippen LogP contribution in [0.1, 0.15) is 28.4 Å². The fraction of sp³-hybridized carbons (Fsp3) is 0.385. The van der Waals surface area contributed by atoms with Crippen LogP contribution >= 0.6 is 0 Å². The van der Waals surface area contributed by atoms with Gasteiger partial charge >= 0.3 is 0 Å². The molecule has 0 fully saturated rings. The highest BCUT2D eigenvalue weighted by molar-refractivity contribution is 5.34. The number of hydrogen-bond donors (Lipinski definition) is 2. The van der Waals surface area contributed by atoms with E-state index in [1.165, 1.54) is 16.7 Å². The number of aromatic nitrogens is 3. The molecule has 4 heteroatoms. The zero-order valence-electron chi connectivity index (χ0n) is 10.5. The van der Waals surface area contributed by atoms with Crippen LogP contribution < -0.4 is 5.32 Å². The predicted octanol–water partition coefficient (Wildman–Crippen LogP) is 1.92. The van der Waals surface area contributed by atoms with Gasteiger partial charge in [-0.1, -0.05) is 18.2 Å². The Kier molecular flexibility index (Phi) is 3.54. The number of benzene rings is 1. The molecule has 2 aromatic rings. The highest BCUT2D eigenvalue weighted by atomic mass is 15.3. The highest BCUT2D eigenvalue weighted by Gasteiger charge is 2.15.